The standard InChI is InChI=1S/C19H18BrClN2O4S4/c20-16-6-8-18(28-16)30(24,25)22-15-5-1-3-13(11-15)14-4-2-10-23(12-14)31(26,27)19-9-7-17(21)29-19/h1,3,5-9,11,14,22H,2,4,10,12H2. The summed E-state index contributed by atoms with van der Waals surface area (Å²) in [5.74, 6) is -0.0284. The summed E-state index contributed by atoms with van der Waals surface area (Å²) in [5, 5.41) is 0. The van der Waals surface area contributed by atoms with Crippen LogP contribution in [0.15, 0.2) is 60.7 Å². The molecular weight excluding hydrogens is 564 g/mol. The van der Waals surface area contributed by atoms with Crippen molar-refractivity contribution in [1.29, 1.82) is 0 Å². The molecule has 0 bridgehead atoms. The number of nitrogens with one attached hydrogen (secondary N) is 1. The van der Waals surface area contributed by atoms with Crippen molar-refractivity contribution in [3.05, 3.63) is 62.2 Å². The molecule has 4 rings (SSSR count). The molecule has 1 aliphatic heterocycles. The third-order valence-corrected chi connectivity index (χ3v) is 12.0. The van der Waals surface area contributed by atoms with E-state index in [2.05, 4.69) is 20.7 Å². The number of anilines is 1. The molecule has 3 aromatic rings. The number of benzene rings is 1. The van der Waals surface area contributed by atoms with E-state index in [9.17, 15) is 16.8 Å². The van der Waals surface area contributed by atoms with E-state index < -0.39 is 20.0 Å². The predicted molar refractivity (Wildman–Crippen MR) is 129 cm³/mol. The Balaban J connectivity index is 1.53. The van der Waals surface area contributed by atoms with Crippen LogP contribution >= 0.6 is 50.2 Å². The molecule has 166 valence electrons. The van der Waals surface area contributed by atoms with Gasteiger partial charge in [0, 0.05) is 18.8 Å². The SMILES string of the molecule is O=S(=O)(Nc1cccc(C2CCCN(S(=O)(=O)c3ccc(Cl)s3)C2)c1)c1ccc(Br)s1. The van der Waals surface area contributed by atoms with E-state index in [4.69, 9.17) is 11.6 Å². The maximum absolute atomic E-state index is 13.0. The van der Waals surface area contributed by atoms with Gasteiger partial charge in [-0.2, -0.15) is 4.31 Å². The second-order valence-electron chi connectivity index (χ2n) is 7.05. The molecular formula is C19H18BrClN2O4S4. The van der Waals surface area contributed by atoms with Crippen LogP contribution in [0.5, 0.6) is 0 Å². The molecule has 1 aromatic carbocycles. The zero-order valence-corrected chi connectivity index (χ0v) is 21.6. The Labute approximate surface area is 203 Å². The van der Waals surface area contributed by atoms with E-state index in [-0.39, 0.29) is 14.3 Å². The molecule has 6 nitrogen and oxygen atoms in total. The van der Waals surface area contributed by atoms with Gasteiger partial charge in [0.2, 0.25) is 0 Å². The number of hydrogen-bond donors (Lipinski definition) is 1. The highest BCUT2D eigenvalue weighted by molar-refractivity contribution is 9.11. The summed E-state index contributed by atoms with van der Waals surface area (Å²) in [5.41, 5.74) is 1.35. The van der Waals surface area contributed by atoms with Crippen molar-refractivity contribution in [2.24, 2.45) is 0 Å². The van der Waals surface area contributed by atoms with E-state index in [1.165, 1.54) is 10.4 Å². The predicted octanol–water partition coefficient (Wildman–Crippen LogP) is 5.59. The number of hydrogen-bond acceptors (Lipinski definition) is 6. The molecule has 2 aromatic heterocycles. The highest BCUT2D eigenvalue weighted by atomic mass is 79.9. The fraction of sp³-hybridized carbons (Fsp3) is 0.263. The van der Waals surface area contributed by atoms with Crippen LogP contribution in [0.25, 0.3) is 0 Å². The van der Waals surface area contributed by atoms with Crippen molar-refractivity contribution in [2.45, 2.75) is 27.2 Å². The molecule has 0 spiro atoms. The molecule has 1 saturated heterocycles. The van der Waals surface area contributed by atoms with Crippen molar-refractivity contribution >= 4 is 75.9 Å². The van der Waals surface area contributed by atoms with Crippen LogP contribution in [-0.4, -0.2) is 34.2 Å². The third-order valence-electron chi connectivity index (χ3n) is 4.95. The highest BCUT2D eigenvalue weighted by Crippen LogP contribution is 2.35. The first-order chi connectivity index (χ1) is 14.6. The van der Waals surface area contributed by atoms with E-state index in [1.54, 1.807) is 36.4 Å². The lowest BCUT2D eigenvalue weighted by Crippen LogP contribution is -2.38. The van der Waals surface area contributed by atoms with Gasteiger partial charge in [0.15, 0.2) is 0 Å². The van der Waals surface area contributed by atoms with E-state index in [0.717, 1.165) is 44.9 Å². The van der Waals surface area contributed by atoms with E-state index in [0.29, 0.717) is 23.1 Å². The first kappa shape index (κ1) is 23.2. The number of halogens is 2. The lowest BCUT2D eigenvalue weighted by Gasteiger charge is -2.32. The molecule has 0 radical (unpaired) electrons. The Morgan fingerprint density at radius 3 is 2.48 bits per heavy atom. The molecule has 1 aliphatic rings. The zero-order chi connectivity index (χ0) is 22.2. The number of nitrogens with zero attached hydrogens (tertiary/aromatic N) is 1. The fourth-order valence-electron chi connectivity index (χ4n) is 3.50. The fourth-order valence-corrected chi connectivity index (χ4v) is 9.72. The number of thiophene rings is 2. The quantitative estimate of drug-likeness (QED) is 0.411. The van der Waals surface area contributed by atoms with Crippen LogP contribution in [0.1, 0.15) is 24.3 Å². The van der Waals surface area contributed by atoms with Gasteiger partial charge in [-0.15, -0.1) is 22.7 Å². The maximum Gasteiger partial charge on any atom is 0.271 e. The summed E-state index contributed by atoms with van der Waals surface area (Å²) in [6.45, 7) is 0.792. The molecule has 1 N–H and O–H groups in total. The largest absolute Gasteiger partial charge is 0.279 e. The molecule has 0 aliphatic carbocycles. The van der Waals surface area contributed by atoms with Crippen molar-refractivity contribution in [2.75, 3.05) is 17.8 Å². The zero-order valence-electron chi connectivity index (χ0n) is 16.0. The molecule has 12 heteroatoms. The smallest absolute Gasteiger partial charge is 0.271 e. The van der Waals surface area contributed by atoms with Crippen molar-refractivity contribution in [3.8, 4) is 0 Å². The lowest BCUT2D eigenvalue weighted by molar-refractivity contribution is 0.316. The van der Waals surface area contributed by atoms with Gasteiger partial charge in [0.25, 0.3) is 20.0 Å². The van der Waals surface area contributed by atoms with Gasteiger partial charge in [0.05, 0.1) is 8.12 Å². The van der Waals surface area contributed by atoms with Crippen LogP contribution in [0.2, 0.25) is 4.34 Å². The number of sulfonamides is 2. The summed E-state index contributed by atoms with van der Waals surface area (Å²) in [6, 6.07) is 13.5. The van der Waals surface area contributed by atoms with Gasteiger partial charge >= 0.3 is 0 Å². The van der Waals surface area contributed by atoms with Gasteiger partial charge in [-0.1, -0.05) is 23.7 Å². The Kier molecular flexibility index (Phi) is 6.83. The summed E-state index contributed by atoms with van der Waals surface area (Å²) in [7, 11) is -7.29. The molecule has 0 amide bonds. The molecule has 0 saturated carbocycles. The first-order valence-corrected chi connectivity index (χ1v) is 15.0. The summed E-state index contributed by atoms with van der Waals surface area (Å²) < 4.78 is 56.9. The first-order valence-electron chi connectivity index (χ1n) is 9.29. The van der Waals surface area contributed by atoms with Crippen LogP contribution in [0, 0.1) is 0 Å². The summed E-state index contributed by atoms with van der Waals surface area (Å²) in [6.07, 6.45) is 1.55. The average molecular weight is 582 g/mol. The Morgan fingerprint density at radius 2 is 1.81 bits per heavy atom. The second kappa shape index (κ2) is 9.12. The van der Waals surface area contributed by atoms with Crippen molar-refractivity contribution < 1.29 is 16.8 Å². The van der Waals surface area contributed by atoms with E-state index in [1.807, 2.05) is 6.07 Å². The van der Waals surface area contributed by atoms with Gasteiger partial charge in [-0.3, -0.25) is 4.72 Å². The van der Waals surface area contributed by atoms with Crippen LogP contribution < -0.4 is 4.72 Å². The second-order valence-corrected chi connectivity index (χ2v) is 15.3. The Morgan fingerprint density at radius 1 is 1.03 bits per heavy atom. The van der Waals surface area contributed by atoms with Gasteiger partial charge in [-0.25, -0.2) is 16.8 Å². The minimum Gasteiger partial charge on any atom is -0.279 e. The van der Waals surface area contributed by atoms with Crippen LogP contribution in [0.4, 0.5) is 5.69 Å². The molecule has 1 fully saturated rings. The normalized spacial score (nSPS) is 18.2. The minimum atomic E-state index is -3.69. The summed E-state index contributed by atoms with van der Waals surface area (Å²) >= 11 is 11.4. The van der Waals surface area contributed by atoms with Gasteiger partial charge in [-0.05, 0) is 76.7 Å². The molecule has 1 unspecified atom stereocenters. The Bertz CT molecular complexity index is 1300. The number of piperidine rings is 1. The molecule has 3 heterocycles. The van der Waals surface area contributed by atoms with E-state index >= 15 is 0 Å². The average Bonchev–Trinajstić information content (AvgIpc) is 3.37. The molecule has 1 atom stereocenters. The van der Waals surface area contributed by atoms with Crippen molar-refractivity contribution in [1.82, 2.24) is 4.31 Å². The Hall–Kier alpha value is -0.950. The van der Waals surface area contributed by atoms with Crippen LogP contribution in [-0.2, 0) is 20.0 Å². The van der Waals surface area contributed by atoms with Crippen molar-refractivity contribution in [3.63, 3.8) is 0 Å². The highest BCUT2D eigenvalue weighted by Gasteiger charge is 2.32. The summed E-state index contributed by atoms with van der Waals surface area (Å²) in [4.78, 5) is 0. The minimum absolute atomic E-state index is 0.0284. The lowest BCUT2D eigenvalue weighted by atomic mass is 9.91. The third kappa shape index (κ3) is 5.18. The molecule has 31 heavy (non-hydrogen) atoms. The van der Waals surface area contributed by atoms with Crippen LogP contribution in [0.3, 0.4) is 0 Å². The topological polar surface area (TPSA) is 83.6 Å². The number of rotatable bonds is 6. The monoisotopic (exact) mass is 580 g/mol. The van der Waals surface area contributed by atoms with Gasteiger partial charge in [0.1, 0.15) is 8.42 Å². The maximum atomic E-state index is 13.0. The van der Waals surface area contributed by atoms with Gasteiger partial charge < -0.3 is 0 Å².